The molecule has 2 fully saturated rings. The Labute approximate surface area is 191 Å². The number of anilines is 1. The van der Waals surface area contributed by atoms with Crippen LogP contribution in [0, 0.1) is 10.8 Å². The highest BCUT2D eigenvalue weighted by Crippen LogP contribution is 2.52. The molecule has 0 radical (unpaired) electrons. The van der Waals surface area contributed by atoms with Gasteiger partial charge in [-0.3, -0.25) is 0 Å². The lowest BCUT2D eigenvalue weighted by molar-refractivity contribution is 0.132. The van der Waals surface area contributed by atoms with Gasteiger partial charge in [0, 0.05) is 28.4 Å². The van der Waals surface area contributed by atoms with Crippen LogP contribution in [-0.4, -0.2) is 32.6 Å². The number of para-hydroxylation sites is 2. The van der Waals surface area contributed by atoms with Gasteiger partial charge in [-0.2, -0.15) is 0 Å². The SMILES string of the molecule is CC1(C)C[C@H]2C[C@@](C)(CN2C(=S)Nc2ccc3sc4nc5ccccc5nc4c3c2)C1. The Morgan fingerprint density at radius 3 is 2.68 bits per heavy atom. The van der Waals surface area contributed by atoms with Crippen molar-refractivity contribution < 1.29 is 0 Å². The van der Waals surface area contributed by atoms with Crippen LogP contribution in [0.3, 0.4) is 0 Å². The van der Waals surface area contributed by atoms with E-state index in [1.165, 1.54) is 24.0 Å². The minimum Gasteiger partial charge on any atom is -0.345 e. The van der Waals surface area contributed by atoms with Crippen LogP contribution < -0.4 is 5.32 Å². The summed E-state index contributed by atoms with van der Waals surface area (Å²) >= 11 is 7.59. The van der Waals surface area contributed by atoms with Crippen molar-refractivity contribution in [3.63, 3.8) is 0 Å². The van der Waals surface area contributed by atoms with E-state index in [0.717, 1.165) is 44.1 Å². The van der Waals surface area contributed by atoms with Crippen LogP contribution in [0.25, 0.3) is 31.5 Å². The standard InChI is InChI=1S/C25H26N4S2/c1-24(2)11-16-12-25(3,13-24)14-29(16)23(30)26-15-8-9-20-17(10-15)21-22(31-20)28-19-7-5-4-6-18(19)27-21/h4-10,16H,11-14H2,1-3H3,(H,26,30)/t16-,25+/m0/s1. The van der Waals surface area contributed by atoms with Crippen LogP contribution in [0.2, 0.25) is 0 Å². The van der Waals surface area contributed by atoms with E-state index in [4.69, 9.17) is 22.2 Å². The first kappa shape index (κ1) is 19.4. The van der Waals surface area contributed by atoms with Crippen molar-refractivity contribution in [3.05, 3.63) is 42.5 Å². The number of thiocarbonyl (C=S) groups is 1. The summed E-state index contributed by atoms with van der Waals surface area (Å²) < 4.78 is 1.20. The fraction of sp³-hybridized carbons (Fsp3) is 0.400. The van der Waals surface area contributed by atoms with E-state index >= 15 is 0 Å². The first-order chi connectivity index (χ1) is 14.8. The average molecular weight is 447 g/mol. The van der Waals surface area contributed by atoms with E-state index in [1.807, 2.05) is 24.3 Å². The van der Waals surface area contributed by atoms with Crippen molar-refractivity contribution >= 4 is 65.8 Å². The highest BCUT2D eigenvalue weighted by Gasteiger charge is 2.50. The minimum atomic E-state index is 0.363. The Balaban J connectivity index is 1.33. The summed E-state index contributed by atoms with van der Waals surface area (Å²) in [6, 6.07) is 15.1. The second-order valence-corrected chi connectivity index (χ2v) is 11.9. The Morgan fingerprint density at radius 1 is 1.10 bits per heavy atom. The van der Waals surface area contributed by atoms with Gasteiger partial charge in [-0.05, 0) is 72.6 Å². The van der Waals surface area contributed by atoms with Crippen LogP contribution in [0.4, 0.5) is 5.69 Å². The first-order valence-electron chi connectivity index (χ1n) is 11.0. The predicted octanol–water partition coefficient (Wildman–Crippen LogP) is 6.60. The van der Waals surface area contributed by atoms with E-state index in [-0.39, 0.29) is 0 Å². The zero-order chi connectivity index (χ0) is 21.4. The highest BCUT2D eigenvalue weighted by atomic mass is 32.1. The molecule has 2 aromatic heterocycles. The van der Waals surface area contributed by atoms with Crippen molar-refractivity contribution in [2.45, 2.75) is 46.1 Å². The largest absolute Gasteiger partial charge is 0.345 e. The summed E-state index contributed by atoms with van der Waals surface area (Å²) in [5.74, 6) is 0. The molecule has 0 amide bonds. The summed E-state index contributed by atoms with van der Waals surface area (Å²) in [5.41, 5.74) is 4.62. The molecule has 31 heavy (non-hydrogen) atoms. The number of nitrogens with one attached hydrogen (secondary N) is 1. The molecule has 1 aliphatic carbocycles. The smallest absolute Gasteiger partial charge is 0.173 e. The van der Waals surface area contributed by atoms with E-state index in [9.17, 15) is 0 Å². The topological polar surface area (TPSA) is 41.0 Å². The van der Waals surface area contributed by atoms with Crippen molar-refractivity contribution in [1.29, 1.82) is 0 Å². The molecule has 1 saturated carbocycles. The van der Waals surface area contributed by atoms with Crippen LogP contribution in [-0.2, 0) is 0 Å². The van der Waals surface area contributed by atoms with Gasteiger partial charge in [0.05, 0.1) is 11.0 Å². The quantitative estimate of drug-likeness (QED) is 0.334. The lowest BCUT2D eigenvalue weighted by Gasteiger charge is -2.39. The second kappa shape index (κ2) is 6.59. The number of aromatic nitrogens is 2. The molecule has 6 heteroatoms. The number of benzene rings is 2. The Kier molecular flexibility index (Phi) is 4.12. The van der Waals surface area contributed by atoms with Crippen LogP contribution >= 0.6 is 23.6 Å². The normalized spacial score (nSPS) is 24.9. The molecule has 158 valence electrons. The van der Waals surface area contributed by atoms with E-state index < -0.39 is 0 Å². The first-order valence-corrected chi connectivity index (χ1v) is 12.2. The van der Waals surface area contributed by atoms with Gasteiger partial charge < -0.3 is 10.2 Å². The number of thiophene rings is 1. The maximum Gasteiger partial charge on any atom is 0.173 e. The molecular formula is C25H26N4S2. The highest BCUT2D eigenvalue weighted by molar-refractivity contribution is 7.80. The Bertz CT molecular complexity index is 1360. The van der Waals surface area contributed by atoms with Gasteiger partial charge >= 0.3 is 0 Å². The molecule has 2 aromatic carbocycles. The Morgan fingerprint density at radius 2 is 1.87 bits per heavy atom. The van der Waals surface area contributed by atoms with Gasteiger partial charge in [-0.1, -0.05) is 32.9 Å². The molecule has 4 nitrogen and oxygen atoms in total. The minimum absolute atomic E-state index is 0.363. The molecule has 1 saturated heterocycles. The summed E-state index contributed by atoms with van der Waals surface area (Å²) in [4.78, 5) is 13.2. The van der Waals surface area contributed by atoms with Crippen molar-refractivity contribution in [2.24, 2.45) is 10.8 Å². The number of fused-ring (bicyclic) bond motifs is 6. The number of hydrogen-bond acceptors (Lipinski definition) is 4. The van der Waals surface area contributed by atoms with E-state index in [1.54, 1.807) is 11.3 Å². The summed E-state index contributed by atoms with van der Waals surface area (Å²) in [6.45, 7) is 8.28. The van der Waals surface area contributed by atoms with Gasteiger partial charge in [-0.25, -0.2) is 9.97 Å². The number of likely N-dealkylation sites (tertiary alicyclic amines) is 1. The third kappa shape index (κ3) is 3.28. The van der Waals surface area contributed by atoms with Crippen LogP contribution in [0.1, 0.15) is 40.0 Å². The number of nitrogens with zero attached hydrogens (tertiary/aromatic N) is 3. The zero-order valence-corrected chi connectivity index (χ0v) is 19.7. The fourth-order valence-corrected chi connectivity index (χ4v) is 7.45. The second-order valence-electron chi connectivity index (χ2n) is 10.5. The molecule has 4 aromatic rings. The maximum atomic E-state index is 5.90. The van der Waals surface area contributed by atoms with E-state index in [2.05, 4.69) is 49.2 Å². The van der Waals surface area contributed by atoms with Gasteiger partial charge in [0.25, 0.3) is 0 Å². The molecule has 6 rings (SSSR count). The average Bonchev–Trinajstić information content (AvgIpc) is 3.18. The lowest BCUT2D eigenvalue weighted by Crippen LogP contribution is -2.39. The van der Waals surface area contributed by atoms with Crippen molar-refractivity contribution in [2.75, 3.05) is 11.9 Å². The predicted molar refractivity (Wildman–Crippen MR) is 135 cm³/mol. The molecule has 1 N–H and O–H groups in total. The number of rotatable bonds is 1. The fourth-order valence-electron chi connectivity index (χ4n) is 6.11. The van der Waals surface area contributed by atoms with Crippen LogP contribution in [0.15, 0.2) is 42.5 Å². The third-order valence-corrected chi connectivity index (χ3v) is 8.30. The summed E-state index contributed by atoms with van der Waals surface area (Å²) in [6.07, 6.45) is 3.73. The molecule has 2 atom stereocenters. The molecule has 0 unspecified atom stereocenters. The zero-order valence-electron chi connectivity index (χ0n) is 18.1. The molecule has 0 spiro atoms. The summed E-state index contributed by atoms with van der Waals surface area (Å²) in [5, 5.41) is 5.53. The maximum absolute atomic E-state index is 5.90. The summed E-state index contributed by atoms with van der Waals surface area (Å²) in [7, 11) is 0. The van der Waals surface area contributed by atoms with Gasteiger partial charge in [0.1, 0.15) is 10.3 Å². The molecular weight excluding hydrogens is 420 g/mol. The monoisotopic (exact) mass is 446 g/mol. The molecule has 1 aliphatic heterocycles. The number of hydrogen-bond donors (Lipinski definition) is 1. The van der Waals surface area contributed by atoms with Gasteiger partial charge in [0.15, 0.2) is 5.11 Å². The van der Waals surface area contributed by atoms with E-state index in [0.29, 0.717) is 16.9 Å². The lowest BCUT2D eigenvalue weighted by atomic mass is 9.65. The van der Waals surface area contributed by atoms with Crippen molar-refractivity contribution in [3.8, 4) is 0 Å². The molecule has 3 heterocycles. The van der Waals surface area contributed by atoms with Gasteiger partial charge in [0.2, 0.25) is 0 Å². The van der Waals surface area contributed by atoms with Crippen LogP contribution in [0.5, 0.6) is 0 Å². The van der Waals surface area contributed by atoms with Crippen molar-refractivity contribution in [1.82, 2.24) is 14.9 Å². The van der Waals surface area contributed by atoms with Gasteiger partial charge in [-0.15, -0.1) is 11.3 Å². The Hall–Kier alpha value is -2.31. The molecule has 2 bridgehead atoms. The molecule has 2 aliphatic rings. The third-order valence-electron chi connectivity index (χ3n) is 6.91.